The summed E-state index contributed by atoms with van der Waals surface area (Å²) in [5.74, 6) is 0.228. The minimum Gasteiger partial charge on any atom is -0.341 e. The number of carbonyl (C=O) groups excluding carboxylic acids is 1. The van der Waals surface area contributed by atoms with E-state index < -0.39 is 0 Å². The van der Waals surface area contributed by atoms with Crippen LogP contribution in [0.25, 0.3) is 11.0 Å². The lowest BCUT2D eigenvalue weighted by Crippen LogP contribution is -2.28. The fourth-order valence-electron chi connectivity index (χ4n) is 2.52. The van der Waals surface area contributed by atoms with Crippen LogP contribution in [0.15, 0.2) is 22.8 Å². The van der Waals surface area contributed by atoms with E-state index in [0.29, 0.717) is 25.2 Å². The van der Waals surface area contributed by atoms with Gasteiger partial charge in [0.1, 0.15) is 17.4 Å². The molecule has 1 amide bonds. The van der Waals surface area contributed by atoms with Gasteiger partial charge in [-0.1, -0.05) is 0 Å². The molecule has 0 unspecified atom stereocenters. The second-order valence-corrected chi connectivity index (χ2v) is 5.69. The first-order valence-corrected chi connectivity index (χ1v) is 7.31. The summed E-state index contributed by atoms with van der Waals surface area (Å²) in [7, 11) is 0. The summed E-state index contributed by atoms with van der Waals surface area (Å²) >= 11 is 3.51. The van der Waals surface area contributed by atoms with Gasteiger partial charge in [-0.2, -0.15) is 5.26 Å². The third-order valence-electron chi connectivity index (χ3n) is 3.57. The average Bonchev–Trinajstić information content (AvgIpc) is 3.00. The highest BCUT2D eigenvalue weighted by Gasteiger charge is 2.20. The third-order valence-corrected chi connectivity index (χ3v) is 4.20. The van der Waals surface area contributed by atoms with Crippen LogP contribution in [0.2, 0.25) is 0 Å². The van der Waals surface area contributed by atoms with Gasteiger partial charge in [0.15, 0.2) is 0 Å². The molecule has 0 N–H and O–H groups in total. The molecule has 1 aliphatic rings. The highest BCUT2D eigenvalue weighted by atomic mass is 79.9. The normalized spacial score (nSPS) is 15.0. The Morgan fingerprint density at radius 1 is 1.40 bits per heavy atom. The fraction of sp³-hybridized carbons (Fsp3) is 0.357. The molecular formula is C14H13BrN4O. The number of halogens is 1. The number of nitrogens with zero attached hydrogens (tertiary/aromatic N) is 4. The van der Waals surface area contributed by atoms with Gasteiger partial charge in [0, 0.05) is 42.1 Å². The van der Waals surface area contributed by atoms with Crippen molar-refractivity contribution in [1.82, 2.24) is 14.5 Å². The molecule has 0 saturated carbocycles. The minimum atomic E-state index is 0.228. The number of hydrogen-bond acceptors (Lipinski definition) is 3. The molecule has 0 aromatic carbocycles. The van der Waals surface area contributed by atoms with Gasteiger partial charge >= 0.3 is 0 Å². The first kappa shape index (κ1) is 13.1. The zero-order valence-corrected chi connectivity index (χ0v) is 12.4. The maximum Gasteiger partial charge on any atom is 0.222 e. The molecule has 0 radical (unpaired) electrons. The van der Waals surface area contributed by atoms with Crippen molar-refractivity contribution in [3.63, 3.8) is 0 Å². The van der Waals surface area contributed by atoms with Gasteiger partial charge in [-0.15, -0.1) is 0 Å². The van der Waals surface area contributed by atoms with Crippen LogP contribution >= 0.6 is 15.9 Å². The smallest absolute Gasteiger partial charge is 0.222 e. The number of rotatable bonds is 3. The molecule has 102 valence electrons. The van der Waals surface area contributed by atoms with Crippen LogP contribution in [-0.4, -0.2) is 33.4 Å². The van der Waals surface area contributed by atoms with Crippen LogP contribution in [0.1, 0.15) is 18.5 Å². The Balaban J connectivity index is 1.87. The number of fused-ring (bicyclic) bond motifs is 1. The fourth-order valence-corrected chi connectivity index (χ4v) is 3.08. The lowest BCUT2D eigenvalue weighted by atomic mass is 10.3. The summed E-state index contributed by atoms with van der Waals surface area (Å²) in [5, 5.41) is 9.93. The molecule has 2 aromatic heterocycles. The van der Waals surface area contributed by atoms with Gasteiger partial charge in [0.25, 0.3) is 0 Å². The first-order valence-electron chi connectivity index (χ1n) is 6.52. The lowest BCUT2D eigenvalue weighted by Gasteiger charge is -2.15. The number of aromatic nitrogens is 2. The Bertz CT molecular complexity index is 716. The van der Waals surface area contributed by atoms with E-state index in [0.717, 1.165) is 28.5 Å². The summed E-state index contributed by atoms with van der Waals surface area (Å²) in [5.41, 5.74) is 1.18. The van der Waals surface area contributed by atoms with E-state index in [1.54, 1.807) is 6.07 Å². The predicted octanol–water partition coefficient (Wildman–Crippen LogP) is 2.29. The van der Waals surface area contributed by atoms with E-state index in [9.17, 15) is 4.79 Å². The van der Waals surface area contributed by atoms with Gasteiger partial charge in [-0.05, 0) is 34.5 Å². The van der Waals surface area contributed by atoms with Crippen molar-refractivity contribution in [1.29, 1.82) is 5.26 Å². The molecule has 0 atom stereocenters. The van der Waals surface area contributed by atoms with Crippen molar-refractivity contribution in [3.8, 4) is 6.07 Å². The largest absolute Gasteiger partial charge is 0.341 e. The Morgan fingerprint density at radius 3 is 2.95 bits per heavy atom. The Hall–Kier alpha value is -1.87. The van der Waals surface area contributed by atoms with Gasteiger partial charge in [-0.25, -0.2) is 4.98 Å². The molecule has 0 bridgehead atoms. The number of likely N-dealkylation sites (tertiary alicyclic amines) is 1. The molecule has 6 heteroatoms. The van der Waals surface area contributed by atoms with Crippen molar-refractivity contribution in [3.05, 3.63) is 28.5 Å². The highest BCUT2D eigenvalue weighted by molar-refractivity contribution is 9.10. The Morgan fingerprint density at radius 2 is 2.25 bits per heavy atom. The molecule has 1 aliphatic heterocycles. The zero-order chi connectivity index (χ0) is 14.1. The molecule has 5 nitrogen and oxygen atoms in total. The monoisotopic (exact) mass is 332 g/mol. The summed E-state index contributed by atoms with van der Waals surface area (Å²) in [4.78, 5) is 17.8. The van der Waals surface area contributed by atoms with Crippen molar-refractivity contribution < 1.29 is 4.79 Å². The molecule has 20 heavy (non-hydrogen) atoms. The summed E-state index contributed by atoms with van der Waals surface area (Å²) < 4.78 is 2.95. The number of amides is 1. The van der Waals surface area contributed by atoms with Crippen molar-refractivity contribution in [2.75, 3.05) is 13.1 Å². The van der Waals surface area contributed by atoms with Crippen LogP contribution in [0.4, 0.5) is 0 Å². The van der Waals surface area contributed by atoms with Gasteiger partial charge in [0.2, 0.25) is 5.91 Å². The van der Waals surface area contributed by atoms with E-state index >= 15 is 0 Å². The topological polar surface area (TPSA) is 61.9 Å². The minimum absolute atomic E-state index is 0.228. The second-order valence-electron chi connectivity index (χ2n) is 4.83. The van der Waals surface area contributed by atoms with Crippen LogP contribution in [0.3, 0.4) is 0 Å². The van der Waals surface area contributed by atoms with Crippen LogP contribution in [0.5, 0.6) is 0 Å². The van der Waals surface area contributed by atoms with E-state index in [1.165, 1.54) is 0 Å². The van der Waals surface area contributed by atoms with Crippen molar-refractivity contribution in [2.24, 2.45) is 0 Å². The molecule has 0 spiro atoms. The summed E-state index contributed by atoms with van der Waals surface area (Å²) in [6.07, 6.45) is 3.57. The van der Waals surface area contributed by atoms with E-state index in [1.807, 2.05) is 21.7 Å². The van der Waals surface area contributed by atoms with Gasteiger partial charge in [-0.3, -0.25) is 4.79 Å². The van der Waals surface area contributed by atoms with E-state index in [-0.39, 0.29) is 5.91 Å². The van der Waals surface area contributed by atoms with Gasteiger partial charge in [0.05, 0.1) is 0 Å². The third kappa shape index (κ3) is 2.29. The highest BCUT2D eigenvalue weighted by Crippen LogP contribution is 2.25. The lowest BCUT2D eigenvalue weighted by molar-refractivity contribution is -0.127. The number of nitriles is 1. The van der Waals surface area contributed by atoms with Crippen LogP contribution in [0, 0.1) is 11.3 Å². The molecule has 3 heterocycles. The molecule has 1 saturated heterocycles. The number of pyridine rings is 1. The van der Waals surface area contributed by atoms with E-state index in [4.69, 9.17) is 5.26 Å². The Labute approximate surface area is 124 Å². The van der Waals surface area contributed by atoms with E-state index in [2.05, 4.69) is 27.0 Å². The maximum atomic E-state index is 11.6. The molecule has 3 rings (SSSR count). The number of carbonyl (C=O) groups is 1. The van der Waals surface area contributed by atoms with Gasteiger partial charge < -0.3 is 9.47 Å². The molecular weight excluding hydrogens is 320 g/mol. The maximum absolute atomic E-state index is 11.6. The average molecular weight is 333 g/mol. The van der Waals surface area contributed by atoms with Crippen LogP contribution in [-0.2, 0) is 11.3 Å². The second kappa shape index (κ2) is 5.25. The summed E-state index contributed by atoms with van der Waals surface area (Å²) in [6, 6.07) is 5.66. The standard InChI is InChI=1S/C14H13BrN4O/c15-12-9-19(7-6-18-5-1-2-13(18)20)14-11(12)4-3-10(8-16)17-14/h3-4,9H,1-2,5-7H2. The first-order chi connectivity index (χ1) is 9.69. The molecule has 1 fully saturated rings. The SMILES string of the molecule is N#Cc1ccc2c(Br)cn(CCN3CCCC3=O)c2n1. The Kier molecular flexibility index (Phi) is 3.45. The van der Waals surface area contributed by atoms with Crippen molar-refractivity contribution in [2.45, 2.75) is 19.4 Å². The number of hydrogen-bond donors (Lipinski definition) is 0. The van der Waals surface area contributed by atoms with Crippen LogP contribution < -0.4 is 0 Å². The summed E-state index contributed by atoms with van der Waals surface area (Å²) in [6.45, 7) is 2.22. The quantitative estimate of drug-likeness (QED) is 0.866. The molecule has 2 aromatic rings. The zero-order valence-electron chi connectivity index (χ0n) is 10.8. The molecule has 0 aliphatic carbocycles. The predicted molar refractivity (Wildman–Crippen MR) is 78.0 cm³/mol. The van der Waals surface area contributed by atoms with Crippen molar-refractivity contribution >= 4 is 32.9 Å².